The largest absolute Gasteiger partial charge is 0.236 e. The fraction of sp³-hybridized carbons (Fsp3) is 1.00. The summed E-state index contributed by atoms with van der Waals surface area (Å²) in [6.07, 6.45) is 6.14. The van der Waals surface area contributed by atoms with Crippen LogP contribution in [0, 0.1) is 11.3 Å². The molecule has 2 atom stereocenters. The molecule has 90 valence electrons. The topological polar surface area (TPSA) is 18.5 Å². The van der Waals surface area contributed by atoms with Crippen molar-refractivity contribution in [3.63, 3.8) is 0 Å². The zero-order valence-electron chi connectivity index (χ0n) is 10.7. The van der Waals surface area contributed by atoms with Crippen LogP contribution < -0.4 is 0 Å². The van der Waals surface area contributed by atoms with Crippen LogP contribution in [-0.4, -0.2) is 12.7 Å². The van der Waals surface area contributed by atoms with E-state index in [1.807, 2.05) is 0 Å². The first-order valence-corrected chi connectivity index (χ1v) is 6.32. The van der Waals surface area contributed by atoms with E-state index in [-0.39, 0.29) is 0 Å². The summed E-state index contributed by atoms with van der Waals surface area (Å²) in [5, 5.41) is 0. The van der Waals surface area contributed by atoms with Crippen LogP contribution in [0.4, 0.5) is 0 Å². The Kier molecular flexibility index (Phi) is 5.07. The van der Waals surface area contributed by atoms with Crippen molar-refractivity contribution >= 4 is 0 Å². The van der Waals surface area contributed by atoms with Crippen molar-refractivity contribution in [2.75, 3.05) is 6.61 Å². The van der Waals surface area contributed by atoms with Gasteiger partial charge in [0.05, 0.1) is 12.7 Å². The quantitative estimate of drug-likeness (QED) is 0.392. The summed E-state index contributed by atoms with van der Waals surface area (Å²) in [5.41, 5.74) is 0.413. The normalized spacial score (nSPS) is 30.4. The Balaban J connectivity index is 2.23. The van der Waals surface area contributed by atoms with Gasteiger partial charge in [-0.2, -0.15) is 0 Å². The van der Waals surface area contributed by atoms with Crippen LogP contribution in [0.15, 0.2) is 0 Å². The number of unbranched alkanes of at least 4 members (excludes halogenated alkanes) is 1. The summed E-state index contributed by atoms with van der Waals surface area (Å²) < 4.78 is 0. The molecule has 1 saturated carbocycles. The number of hydrogen-bond acceptors (Lipinski definition) is 2. The molecule has 0 saturated heterocycles. The molecule has 0 aliphatic heterocycles. The van der Waals surface area contributed by atoms with E-state index in [2.05, 4.69) is 27.7 Å². The van der Waals surface area contributed by atoms with Gasteiger partial charge in [-0.15, -0.1) is 0 Å². The number of hydrogen-bond donors (Lipinski definition) is 0. The van der Waals surface area contributed by atoms with Crippen molar-refractivity contribution in [3.8, 4) is 0 Å². The first-order chi connectivity index (χ1) is 7.03. The van der Waals surface area contributed by atoms with Gasteiger partial charge in [0, 0.05) is 0 Å². The van der Waals surface area contributed by atoms with E-state index in [1.165, 1.54) is 6.42 Å². The molecule has 1 rings (SSSR count). The van der Waals surface area contributed by atoms with E-state index in [4.69, 9.17) is 9.78 Å². The highest BCUT2D eigenvalue weighted by molar-refractivity contribution is 4.82. The Morgan fingerprint density at radius 1 is 1.27 bits per heavy atom. The Morgan fingerprint density at radius 3 is 2.60 bits per heavy atom. The molecule has 0 aromatic carbocycles. The average molecular weight is 214 g/mol. The zero-order valence-corrected chi connectivity index (χ0v) is 10.7. The average Bonchev–Trinajstić information content (AvgIpc) is 2.09. The second-order valence-corrected chi connectivity index (χ2v) is 5.81. The van der Waals surface area contributed by atoms with E-state index < -0.39 is 0 Å². The SMILES string of the molecule is CCCCOOC1CC(C)CC(C)(C)C1. The molecule has 0 amide bonds. The Bertz CT molecular complexity index is 177. The lowest BCUT2D eigenvalue weighted by Crippen LogP contribution is -2.32. The predicted octanol–water partition coefficient (Wildman–Crippen LogP) is 3.95. The molecule has 0 radical (unpaired) electrons. The maximum Gasteiger partial charge on any atom is 0.0937 e. The standard InChI is InChI=1S/C13H26O2/c1-5-6-7-14-15-12-8-11(2)9-13(3,4)10-12/h11-12H,5-10H2,1-4H3. The maximum absolute atomic E-state index is 5.49. The molecular weight excluding hydrogens is 188 g/mol. The van der Waals surface area contributed by atoms with E-state index >= 15 is 0 Å². The van der Waals surface area contributed by atoms with Crippen molar-refractivity contribution in [2.45, 2.75) is 65.9 Å². The Hall–Kier alpha value is -0.0800. The summed E-state index contributed by atoms with van der Waals surface area (Å²) in [5.74, 6) is 0.758. The molecule has 0 aromatic heterocycles. The lowest BCUT2D eigenvalue weighted by molar-refractivity contribution is -0.335. The molecule has 15 heavy (non-hydrogen) atoms. The lowest BCUT2D eigenvalue weighted by Gasteiger charge is -2.37. The van der Waals surface area contributed by atoms with E-state index in [1.54, 1.807) is 0 Å². The minimum Gasteiger partial charge on any atom is -0.236 e. The molecule has 0 spiro atoms. The van der Waals surface area contributed by atoms with Crippen molar-refractivity contribution in [1.29, 1.82) is 0 Å². The lowest BCUT2D eigenvalue weighted by atomic mass is 9.71. The van der Waals surface area contributed by atoms with Gasteiger partial charge in [-0.1, -0.05) is 34.1 Å². The third kappa shape index (κ3) is 4.98. The molecule has 2 nitrogen and oxygen atoms in total. The molecule has 1 aliphatic rings. The smallest absolute Gasteiger partial charge is 0.0937 e. The zero-order chi connectivity index (χ0) is 11.3. The van der Waals surface area contributed by atoms with Gasteiger partial charge in [-0.25, -0.2) is 9.78 Å². The fourth-order valence-electron chi connectivity index (χ4n) is 2.68. The number of rotatable bonds is 5. The fourth-order valence-corrected chi connectivity index (χ4v) is 2.68. The van der Waals surface area contributed by atoms with Crippen molar-refractivity contribution in [2.24, 2.45) is 11.3 Å². The van der Waals surface area contributed by atoms with Gasteiger partial charge >= 0.3 is 0 Å². The molecule has 2 unspecified atom stereocenters. The molecule has 1 fully saturated rings. The summed E-state index contributed by atoms with van der Waals surface area (Å²) >= 11 is 0. The highest BCUT2D eigenvalue weighted by atomic mass is 17.2. The third-order valence-corrected chi connectivity index (χ3v) is 3.13. The van der Waals surface area contributed by atoms with Gasteiger partial charge in [0.25, 0.3) is 0 Å². The summed E-state index contributed by atoms with van der Waals surface area (Å²) in [4.78, 5) is 10.7. The van der Waals surface area contributed by atoms with Crippen LogP contribution in [0.3, 0.4) is 0 Å². The van der Waals surface area contributed by atoms with E-state index in [9.17, 15) is 0 Å². The van der Waals surface area contributed by atoms with Gasteiger partial charge < -0.3 is 0 Å². The highest BCUT2D eigenvalue weighted by Gasteiger charge is 2.33. The van der Waals surface area contributed by atoms with Crippen LogP contribution in [-0.2, 0) is 9.78 Å². The Labute approximate surface area is 94.3 Å². The first-order valence-electron chi connectivity index (χ1n) is 6.32. The minimum absolute atomic E-state index is 0.306. The van der Waals surface area contributed by atoms with Crippen LogP contribution in [0.25, 0.3) is 0 Å². The highest BCUT2D eigenvalue weighted by Crippen LogP contribution is 2.39. The molecule has 2 heteroatoms. The minimum atomic E-state index is 0.306. The van der Waals surface area contributed by atoms with Crippen molar-refractivity contribution < 1.29 is 9.78 Å². The van der Waals surface area contributed by atoms with E-state index in [0.717, 1.165) is 38.2 Å². The monoisotopic (exact) mass is 214 g/mol. The van der Waals surface area contributed by atoms with Gasteiger partial charge in [0.15, 0.2) is 0 Å². The molecule has 0 heterocycles. The molecule has 0 aromatic rings. The summed E-state index contributed by atoms with van der Waals surface area (Å²) in [6.45, 7) is 9.86. The van der Waals surface area contributed by atoms with Gasteiger partial charge in [0.2, 0.25) is 0 Å². The first kappa shape index (κ1) is 13.0. The summed E-state index contributed by atoms with van der Waals surface area (Å²) in [7, 11) is 0. The van der Waals surface area contributed by atoms with Gasteiger partial charge in [0.1, 0.15) is 0 Å². The van der Waals surface area contributed by atoms with Crippen LogP contribution >= 0.6 is 0 Å². The predicted molar refractivity (Wildman–Crippen MR) is 62.5 cm³/mol. The van der Waals surface area contributed by atoms with Gasteiger partial charge in [-0.3, -0.25) is 0 Å². The van der Waals surface area contributed by atoms with Crippen LogP contribution in [0.5, 0.6) is 0 Å². The van der Waals surface area contributed by atoms with Crippen LogP contribution in [0.1, 0.15) is 59.8 Å². The third-order valence-electron chi connectivity index (χ3n) is 3.13. The van der Waals surface area contributed by atoms with Gasteiger partial charge in [-0.05, 0) is 37.0 Å². The molecule has 0 N–H and O–H groups in total. The second kappa shape index (κ2) is 5.86. The van der Waals surface area contributed by atoms with Crippen molar-refractivity contribution in [1.82, 2.24) is 0 Å². The Morgan fingerprint density at radius 2 is 2.00 bits per heavy atom. The van der Waals surface area contributed by atoms with E-state index in [0.29, 0.717) is 11.5 Å². The molecule has 1 aliphatic carbocycles. The van der Waals surface area contributed by atoms with Crippen molar-refractivity contribution in [3.05, 3.63) is 0 Å². The second-order valence-electron chi connectivity index (χ2n) is 5.81. The molecule has 0 bridgehead atoms. The summed E-state index contributed by atoms with van der Waals surface area (Å²) in [6, 6.07) is 0. The van der Waals surface area contributed by atoms with Crippen LogP contribution in [0.2, 0.25) is 0 Å². The molecular formula is C13H26O2. The maximum atomic E-state index is 5.49.